The van der Waals surface area contributed by atoms with Crippen molar-refractivity contribution in [3.05, 3.63) is 29.5 Å². The number of nitrogens with zero attached hydrogens (tertiary/aromatic N) is 4. The van der Waals surface area contributed by atoms with E-state index in [2.05, 4.69) is 15.5 Å². The number of halogens is 1. The molecule has 1 aliphatic heterocycles. The van der Waals surface area contributed by atoms with Crippen LogP contribution in [0.15, 0.2) is 34.6 Å². The van der Waals surface area contributed by atoms with Crippen molar-refractivity contribution in [2.45, 2.75) is 48.2 Å². The molecule has 8 nitrogen and oxygen atoms in total. The Morgan fingerprint density at radius 1 is 1.24 bits per heavy atom. The zero-order valence-corrected chi connectivity index (χ0v) is 18.1. The van der Waals surface area contributed by atoms with E-state index in [-0.39, 0.29) is 21.6 Å². The van der Waals surface area contributed by atoms with E-state index in [1.54, 1.807) is 12.4 Å². The Labute approximate surface area is 179 Å². The van der Waals surface area contributed by atoms with E-state index in [1.807, 2.05) is 4.57 Å². The molecule has 1 saturated heterocycles. The lowest BCUT2D eigenvalue weighted by Crippen LogP contribution is -2.35. The maximum absolute atomic E-state index is 12.9. The minimum Gasteiger partial charge on any atom is -0.325 e. The lowest BCUT2D eigenvalue weighted by molar-refractivity contribution is -0.113. The number of hydrogen-bond donors (Lipinski definition) is 1. The summed E-state index contributed by atoms with van der Waals surface area (Å²) in [5.74, 6) is -0.0913. The van der Waals surface area contributed by atoms with Gasteiger partial charge in [0.2, 0.25) is 15.9 Å². The Balaban J connectivity index is 1.43. The van der Waals surface area contributed by atoms with Gasteiger partial charge in [-0.3, -0.25) is 4.79 Å². The van der Waals surface area contributed by atoms with Gasteiger partial charge in [0.05, 0.1) is 10.8 Å². The summed E-state index contributed by atoms with van der Waals surface area (Å²) in [6.07, 6.45) is 6.62. The SMILES string of the molecule is O=C(CSc1nncn1C1CC1)Nc1ccc(Cl)c(S(=O)(=O)N2CCCCC2)c1. The summed E-state index contributed by atoms with van der Waals surface area (Å²) in [4.78, 5) is 12.4. The second-order valence-corrected chi connectivity index (χ2v) is 10.5. The number of carbonyl (C=O) groups is 1. The number of amides is 1. The number of hydrogen-bond acceptors (Lipinski definition) is 6. The standard InChI is InChI=1S/C18H22ClN5O3S2/c19-15-7-4-13(10-16(15)29(26,27)23-8-2-1-3-9-23)21-17(25)11-28-18-22-20-12-24(18)14-5-6-14/h4,7,10,12,14H,1-3,5-6,8-9,11H2,(H,21,25). The Bertz CT molecular complexity index is 1000. The zero-order valence-electron chi connectivity index (χ0n) is 15.8. The van der Waals surface area contributed by atoms with E-state index >= 15 is 0 Å². The van der Waals surface area contributed by atoms with Crippen LogP contribution in [0.4, 0.5) is 5.69 Å². The second kappa shape index (κ2) is 8.63. The van der Waals surface area contributed by atoms with Gasteiger partial charge in [-0.2, -0.15) is 4.31 Å². The van der Waals surface area contributed by atoms with Crippen molar-refractivity contribution >= 4 is 45.0 Å². The minimum absolute atomic E-state index is 0.0278. The van der Waals surface area contributed by atoms with E-state index in [4.69, 9.17) is 11.6 Å². The molecule has 0 radical (unpaired) electrons. The average Bonchev–Trinajstić information content (AvgIpc) is 3.46. The van der Waals surface area contributed by atoms with Gasteiger partial charge in [-0.05, 0) is 43.9 Å². The van der Waals surface area contributed by atoms with Crippen LogP contribution in [0.1, 0.15) is 38.1 Å². The average molecular weight is 456 g/mol. The predicted octanol–water partition coefficient (Wildman–Crippen LogP) is 3.17. The van der Waals surface area contributed by atoms with Crippen molar-refractivity contribution in [2.75, 3.05) is 24.2 Å². The molecule has 11 heteroatoms. The fourth-order valence-corrected chi connectivity index (χ4v) is 6.09. The molecule has 156 valence electrons. The fourth-order valence-electron chi connectivity index (χ4n) is 3.29. The third kappa shape index (κ3) is 4.76. The van der Waals surface area contributed by atoms with Gasteiger partial charge in [0.25, 0.3) is 0 Å². The number of piperidine rings is 1. The molecule has 1 saturated carbocycles. The van der Waals surface area contributed by atoms with Gasteiger partial charge in [-0.1, -0.05) is 29.8 Å². The number of anilines is 1. The van der Waals surface area contributed by atoms with Crippen molar-refractivity contribution in [1.82, 2.24) is 19.1 Å². The highest BCUT2D eigenvalue weighted by Crippen LogP contribution is 2.37. The van der Waals surface area contributed by atoms with Crippen molar-refractivity contribution in [1.29, 1.82) is 0 Å². The molecule has 2 fully saturated rings. The Morgan fingerprint density at radius 3 is 2.72 bits per heavy atom. The molecular weight excluding hydrogens is 434 g/mol. The predicted molar refractivity (Wildman–Crippen MR) is 112 cm³/mol. The van der Waals surface area contributed by atoms with Crippen LogP contribution in [0.25, 0.3) is 0 Å². The monoisotopic (exact) mass is 455 g/mol. The molecule has 2 heterocycles. The number of carbonyl (C=O) groups excluding carboxylic acids is 1. The number of benzene rings is 1. The molecule has 0 atom stereocenters. The van der Waals surface area contributed by atoms with E-state index in [1.165, 1.54) is 28.2 Å². The third-order valence-electron chi connectivity index (χ3n) is 4.96. The van der Waals surface area contributed by atoms with Gasteiger partial charge in [0.15, 0.2) is 5.16 Å². The summed E-state index contributed by atoms with van der Waals surface area (Å²) in [7, 11) is -3.68. The van der Waals surface area contributed by atoms with E-state index < -0.39 is 10.0 Å². The molecule has 1 aromatic heterocycles. The number of sulfonamides is 1. The summed E-state index contributed by atoms with van der Waals surface area (Å²) in [6.45, 7) is 0.987. The summed E-state index contributed by atoms with van der Waals surface area (Å²) in [5, 5.41) is 11.6. The number of thioether (sulfide) groups is 1. The maximum Gasteiger partial charge on any atom is 0.244 e. The van der Waals surface area contributed by atoms with Crippen molar-refractivity contribution < 1.29 is 13.2 Å². The molecule has 0 spiro atoms. The molecule has 4 rings (SSSR count). The topological polar surface area (TPSA) is 97.2 Å². The van der Waals surface area contributed by atoms with Gasteiger partial charge >= 0.3 is 0 Å². The van der Waals surface area contributed by atoms with E-state index in [0.717, 1.165) is 32.1 Å². The first-order chi connectivity index (χ1) is 13.9. The van der Waals surface area contributed by atoms with Gasteiger partial charge in [0.1, 0.15) is 11.2 Å². The summed E-state index contributed by atoms with van der Waals surface area (Å²) >= 11 is 7.49. The first-order valence-electron chi connectivity index (χ1n) is 9.57. The lowest BCUT2D eigenvalue weighted by Gasteiger charge is -2.26. The number of rotatable bonds is 7. The largest absolute Gasteiger partial charge is 0.325 e. The molecule has 1 aliphatic carbocycles. The molecule has 29 heavy (non-hydrogen) atoms. The highest BCUT2D eigenvalue weighted by Gasteiger charge is 2.29. The minimum atomic E-state index is -3.68. The van der Waals surface area contributed by atoms with Crippen molar-refractivity contribution in [3.8, 4) is 0 Å². The molecular formula is C18H22ClN5O3S2. The molecule has 0 unspecified atom stereocenters. The molecule has 2 aliphatic rings. The number of aromatic nitrogens is 3. The first-order valence-corrected chi connectivity index (χ1v) is 12.4. The van der Waals surface area contributed by atoms with Crippen LogP contribution in [0.2, 0.25) is 5.02 Å². The molecule has 1 amide bonds. The van der Waals surface area contributed by atoms with E-state index in [0.29, 0.717) is 30.0 Å². The highest BCUT2D eigenvalue weighted by atomic mass is 35.5. The second-order valence-electron chi connectivity index (χ2n) is 7.20. The van der Waals surface area contributed by atoms with Crippen LogP contribution in [-0.4, -0.2) is 52.2 Å². The number of nitrogens with one attached hydrogen (secondary N) is 1. The Kier molecular flexibility index (Phi) is 6.14. The van der Waals surface area contributed by atoms with Gasteiger partial charge in [-0.15, -0.1) is 10.2 Å². The fraction of sp³-hybridized carbons (Fsp3) is 0.500. The highest BCUT2D eigenvalue weighted by molar-refractivity contribution is 7.99. The Morgan fingerprint density at radius 2 is 2.00 bits per heavy atom. The molecule has 1 aromatic carbocycles. The molecule has 2 aromatic rings. The maximum atomic E-state index is 12.9. The van der Waals surface area contributed by atoms with Crippen molar-refractivity contribution in [2.24, 2.45) is 0 Å². The van der Waals surface area contributed by atoms with Crippen LogP contribution in [-0.2, 0) is 14.8 Å². The van der Waals surface area contributed by atoms with Gasteiger partial charge < -0.3 is 9.88 Å². The van der Waals surface area contributed by atoms with Crippen LogP contribution in [0.5, 0.6) is 0 Å². The van der Waals surface area contributed by atoms with Crippen LogP contribution in [0.3, 0.4) is 0 Å². The summed E-state index contributed by atoms with van der Waals surface area (Å²) < 4.78 is 29.3. The Hall–Kier alpha value is -1.62. The van der Waals surface area contributed by atoms with Crippen LogP contribution in [0, 0.1) is 0 Å². The lowest BCUT2D eigenvalue weighted by atomic mass is 10.2. The van der Waals surface area contributed by atoms with Crippen LogP contribution >= 0.6 is 23.4 Å². The molecule has 0 bridgehead atoms. The smallest absolute Gasteiger partial charge is 0.244 e. The summed E-state index contributed by atoms with van der Waals surface area (Å²) in [5.41, 5.74) is 0.402. The van der Waals surface area contributed by atoms with Gasteiger partial charge in [0, 0.05) is 24.8 Å². The normalized spacial score (nSPS) is 18.0. The zero-order chi connectivity index (χ0) is 20.4. The molecule has 1 N–H and O–H groups in total. The quantitative estimate of drug-likeness (QED) is 0.644. The third-order valence-corrected chi connectivity index (χ3v) is 8.30. The van der Waals surface area contributed by atoms with Crippen molar-refractivity contribution in [3.63, 3.8) is 0 Å². The summed E-state index contributed by atoms with van der Waals surface area (Å²) in [6, 6.07) is 4.98. The van der Waals surface area contributed by atoms with Crippen LogP contribution < -0.4 is 5.32 Å². The first kappa shape index (κ1) is 20.6. The van der Waals surface area contributed by atoms with Gasteiger partial charge in [-0.25, -0.2) is 8.42 Å². The van der Waals surface area contributed by atoms with E-state index in [9.17, 15) is 13.2 Å².